The fourth-order valence-electron chi connectivity index (χ4n) is 2.86. The number of hydrogen-bond acceptors (Lipinski definition) is 6. The number of carbonyl (C=O) groups excluding carboxylic acids is 1. The second-order valence-electron chi connectivity index (χ2n) is 5.43. The normalized spacial score (nSPS) is 18.7. The topological polar surface area (TPSA) is 81.9 Å². The smallest absolute Gasteiger partial charge is 0.279 e. The van der Waals surface area contributed by atoms with E-state index in [1.54, 1.807) is 6.07 Å². The quantitative estimate of drug-likeness (QED) is 0.616. The molecule has 1 amide bonds. The molecule has 0 aromatic heterocycles. The number of thioether (sulfide) groups is 1. The number of rotatable bonds is 3. The summed E-state index contributed by atoms with van der Waals surface area (Å²) in [5.74, 6) is 0.0998. The van der Waals surface area contributed by atoms with Crippen LogP contribution in [0.3, 0.4) is 0 Å². The molecule has 0 radical (unpaired) electrons. The number of amides is 1. The van der Waals surface area contributed by atoms with E-state index in [0.29, 0.717) is 22.7 Å². The summed E-state index contributed by atoms with van der Waals surface area (Å²) in [4.78, 5) is 24.7. The van der Waals surface area contributed by atoms with Crippen LogP contribution in [0.1, 0.15) is 10.9 Å². The standard InChI is InChI=1S/C16H11FN2O5S/c17-9-2-1-3-10(4-9)18-15(20)7-25-16(18)11-5-13-14(24-8-23-13)6-12(11)19(21)22/h1-6,16H,7-8H2/t16-/m0/s1. The molecule has 1 saturated heterocycles. The molecule has 2 aliphatic rings. The van der Waals surface area contributed by atoms with Gasteiger partial charge in [0.25, 0.3) is 5.69 Å². The third-order valence-corrected chi connectivity index (χ3v) is 5.13. The van der Waals surface area contributed by atoms with Crippen LogP contribution in [-0.2, 0) is 4.79 Å². The van der Waals surface area contributed by atoms with Gasteiger partial charge in [-0.25, -0.2) is 4.39 Å². The van der Waals surface area contributed by atoms with Gasteiger partial charge in [0, 0.05) is 5.69 Å². The maximum atomic E-state index is 13.6. The number of benzene rings is 2. The molecule has 128 valence electrons. The SMILES string of the molecule is O=C1CS[C@@H](c2cc3c(cc2[N+](=O)[O-])OCO3)N1c1cccc(F)c1. The zero-order chi connectivity index (χ0) is 17.6. The van der Waals surface area contributed by atoms with E-state index in [2.05, 4.69) is 0 Å². The Hall–Kier alpha value is -2.81. The minimum absolute atomic E-state index is 0.0136. The van der Waals surface area contributed by atoms with Gasteiger partial charge in [-0.05, 0) is 24.3 Å². The average molecular weight is 362 g/mol. The van der Waals surface area contributed by atoms with Crippen LogP contribution >= 0.6 is 11.8 Å². The molecule has 2 heterocycles. The Balaban J connectivity index is 1.83. The van der Waals surface area contributed by atoms with Gasteiger partial charge < -0.3 is 9.47 Å². The van der Waals surface area contributed by atoms with Crippen molar-refractivity contribution in [1.29, 1.82) is 0 Å². The molecule has 1 atom stereocenters. The summed E-state index contributed by atoms with van der Waals surface area (Å²) >= 11 is 1.24. The summed E-state index contributed by atoms with van der Waals surface area (Å²) in [6, 6.07) is 8.41. The van der Waals surface area contributed by atoms with Gasteiger partial charge in [0.1, 0.15) is 11.2 Å². The maximum absolute atomic E-state index is 13.6. The van der Waals surface area contributed by atoms with Crippen molar-refractivity contribution in [3.8, 4) is 11.5 Å². The Morgan fingerprint density at radius 2 is 2.00 bits per heavy atom. The lowest BCUT2D eigenvalue weighted by Crippen LogP contribution is -2.28. The van der Waals surface area contributed by atoms with E-state index in [-0.39, 0.29) is 24.1 Å². The Morgan fingerprint density at radius 1 is 1.24 bits per heavy atom. The van der Waals surface area contributed by atoms with Crippen LogP contribution < -0.4 is 14.4 Å². The molecular weight excluding hydrogens is 351 g/mol. The highest BCUT2D eigenvalue weighted by Gasteiger charge is 2.39. The van der Waals surface area contributed by atoms with Crippen molar-refractivity contribution in [2.75, 3.05) is 17.4 Å². The number of nitro groups is 1. The molecule has 2 aliphatic heterocycles. The van der Waals surface area contributed by atoms with Crippen LogP contribution in [0.4, 0.5) is 15.8 Å². The molecule has 0 unspecified atom stereocenters. The molecule has 25 heavy (non-hydrogen) atoms. The largest absolute Gasteiger partial charge is 0.454 e. The van der Waals surface area contributed by atoms with Crippen molar-refractivity contribution in [2.24, 2.45) is 0 Å². The van der Waals surface area contributed by atoms with Gasteiger partial charge >= 0.3 is 0 Å². The van der Waals surface area contributed by atoms with Gasteiger partial charge in [0.2, 0.25) is 12.7 Å². The van der Waals surface area contributed by atoms with E-state index in [9.17, 15) is 19.3 Å². The second kappa shape index (κ2) is 5.92. The molecule has 0 aliphatic carbocycles. The summed E-state index contributed by atoms with van der Waals surface area (Å²) < 4.78 is 24.1. The molecular formula is C16H11FN2O5S. The van der Waals surface area contributed by atoms with Gasteiger partial charge in [-0.2, -0.15) is 0 Å². The molecule has 4 rings (SSSR count). The van der Waals surface area contributed by atoms with Crippen LogP contribution in [0.5, 0.6) is 11.5 Å². The van der Waals surface area contributed by atoms with Crippen LogP contribution in [-0.4, -0.2) is 23.4 Å². The lowest BCUT2D eigenvalue weighted by molar-refractivity contribution is -0.385. The second-order valence-corrected chi connectivity index (χ2v) is 6.50. The third kappa shape index (κ3) is 2.66. The fraction of sp³-hybridized carbons (Fsp3) is 0.188. The van der Waals surface area contributed by atoms with E-state index in [1.165, 1.54) is 47.0 Å². The average Bonchev–Trinajstić information content (AvgIpc) is 3.19. The van der Waals surface area contributed by atoms with E-state index >= 15 is 0 Å². The number of anilines is 1. The van der Waals surface area contributed by atoms with Crippen molar-refractivity contribution in [3.05, 3.63) is 57.9 Å². The molecule has 7 nitrogen and oxygen atoms in total. The number of nitro benzene ring substituents is 1. The summed E-state index contributed by atoms with van der Waals surface area (Å²) in [5.41, 5.74) is 0.499. The molecule has 2 aromatic carbocycles. The van der Waals surface area contributed by atoms with Crippen LogP contribution in [0, 0.1) is 15.9 Å². The predicted octanol–water partition coefficient (Wildman–Crippen LogP) is 3.24. The van der Waals surface area contributed by atoms with Gasteiger partial charge in [-0.3, -0.25) is 19.8 Å². The van der Waals surface area contributed by atoms with E-state index in [1.807, 2.05) is 0 Å². The highest BCUT2D eigenvalue weighted by molar-refractivity contribution is 8.00. The molecule has 0 bridgehead atoms. The maximum Gasteiger partial charge on any atom is 0.279 e. The van der Waals surface area contributed by atoms with E-state index in [4.69, 9.17) is 9.47 Å². The first-order valence-corrected chi connectivity index (χ1v) is 8.36. The molecule has 0 saturated carbocycles. The minimum Gasteiger partial charge on any atom is -0.454 e. The minimum atomic E-state index is -0.649. The number of hydrogen-bond donors (Lipinski definition) is 0. The van der Waals surface area contributed by atoms with Gasteiger partial charge in [0.15, 0.2) is 11.5 Å². The van der Waals surface area contributed by atoms with Crippen molar-refractivity contribution in [2.45, 2.75) is 5.37 Å². The highest BCUT2D eigenvalue weighted by atomic mass is 32.2. The summed E-state index contributed by atoms with van der Waals surface area (Å²) in [6.07, 6.45) is 0. The zero-order valence-electron chi connectivity index (χ0n) is 12.7. The number of halogens is 1. The van der Waals surface area contributed by atoms with Crippen LogP contribution in [0.25, 0.3) is 0 Å². The number of nitrogens with zero attached hydrogens (tertiary/aromatic N) is 2. The van der Waals surface area contributed by atoms with Crippen molar-refractivity contribution in [1.82, 2.24) is 0 Å². The molecule has 0 N–H and O–H groups in total. The van der Waals surface area contributed by atoms with Gasteiger partial charge in [-0.1, -0.05) is 6.07 Å². The van der Waals surface area contributed by atoms with E-state index in [0.717, 1.165) is 0 Å². The first-order valence-electron chi connectivity index (χ1n) is 7.32. The lowest BCUT2D eigenvalue weighted by Gasteiger charge is -2.24. The number of fused-ring (bicyclic) bond motifs is 1. The van der Waals surface area contributed by atoms with Gasteiger partial charge in [-0.15, -0.1) is 11.8 Å². The zero-order valence-corrected chi connectivity index (χ0v) is 13.5. The summed E-state index contributed by atoms with van der Waals surface area (Å²) in [6.45, 7) is -0.0136. The monoisotopic (exact) mass is 362 g/mol. The highest BCUT2D eigenvalue weighted by Crippen LogP contribution is 2.48. The molecule has 0 spiro atoms. The Morgan fingerprint density at radius 3 is 2.72 bits per heavy atom. The van der Waals surface area contributed by atoms with Gasteiger partial charge in [0.05, 0.1) is 22.3 Å². The van der Waals surface area contributed by atoms with E-state index < -0.39 is 16.1 Å². The Labute approximate surface area is 145 Å². The third-order valence-electron chi connectivity index (χ3n) is 3.94. The molecule has 2 aromatic rings. The first kappa shape index (κ1) is 15.7. The first-order chi connectivity index (χ1) is 12.0. The van der Waals surface area contributed by atoms with Crippen LogP contribution in [0.15, 0.2) is 36.4 Å². The fourth-order valence-corrected chi connectivity index (χ4v) is 4.06. The molecule has 9 heteroatoms. The number of carbonyl (C=O) groups is 1. The predicted molar refractivity (Wildman–Crippen MR) is 88.3 cm³/mol. The Bertz CT molecular complexity index is 891. The van der Waals surface area contributed by atoms with Crippen molar-refractivity contribution >= 4 is 29.0 Å². The number of ether oxygens (including phenoxy) is 2. The van der Waals surface area contributed by atoms with Crippen molar-refractivity contribution < 1.29 is 23.6 Å². The van der Waals surface area contributed by atoms with Crippen molar-refractivity contribution in [3.63, 3.8) is 0 Å². The lowest BCUT2D eigenvalue weighted by atomic mass is 10.1. The Kier molecular flexibility index (Phi) is 3.72. The van der Waals surface area contributed by atoms with Crippen LogP contribution in [0.2, 0.25) is 0 Å². The summed E-state index contributed by atoms with van der Waals surface area (Å²) in [5, 5.41) is 10.8. The molecule has 1 fully saturated rings. The summed E-state index contributed by atoms with van der Waals surface area (Å²) in [7, 11) is 0.